The van der Waals surface area contributed by atoms with Gasteiger partial charge in [0.25, 0.3) is 0 Å². The Kier molecular flexibility index (Phi) is 9.13. The number of carbonyl (C=O) groups excluding carboxylic acids is 1. The lowest BCUT2D eigenvalue weighted by Crippen LogP contribution is -2.36. The third-order valence-electron chi connectivity index (χ3n) is 2.29. The number of thiocarbonyl (C=S) groups is 1. The molecule has 0 saturated heterocycles. The van der Waals surface area contributed by atoms with E-state index in [1.165, 1.54) is 0 Å². The average molecular weight is 246 g/mol. The van der Waals surface area contributed by atoms with E-state index in [2.05, 4.69) is 6.92 Å². The van der Waals surface area contributed by atoms with Crippen LogP contribution in [0.5, 0.6) is 0 Å². The first-order valence-electron chi connectivity index (χ1n) is 5.66. The molecule has 0 aliphatic carbocycles. The van der Waals surface area contributed by atoms with Crippen LogP contribution in [0.3, 0.4) is 0 Å². The van der Waals surface area contributed by atoms with Crippen molar-refractivity contribution in [3.8, 4) is 0 Å². The molecule has 0 aromatic rings. The topological polar surface area (TPSA) is 55.6 Å². The molecule has 1 amide bonds. The van der Waals surface area contributed by atoms with Crippen LogP contribution in [0.25, 0.3) is 0 Å². The zero-order valence-corrected chi connectivity index (χ0v) is 11.0. The number of methoxy groups -OCH3 is 1. The Morgan fingerprint density at radius 3 is 2.56 bits per heavy atom. The molecule has 0 radical (unpaired) electrons. The minimum Gasteiger partial charge on any atom is -0.393 e. The van der Waals surface area contributed by atoms with Gasteiger partial charge in [0.2, 0.25) is 5.91 Å². The number of unbranched alkanes of at least 4 members (excludes halogenated alkanes) is 1. The quantitative estimate of drug-likeness (QED) is 0.624. The first kappa shape index (κ1) is 15.3. The second-order valence-corrected chi connectivity index (χ2v) is 4.22. The molecular weight excluding hydrogens is 224 g/mol. The van der Waals surface area contributed by atoms with Gasteiger partial charge >= 0.3 is 0 Å². The van der Waals surface area contributed by atoms with E-state index in [4.69, 9.17) is 22.7 Å². The predicted molar refractivity (Wildman–Crippen MR) is 69.4 cm³/mol. The van der Waals surface area contributed by atoms with Crippen molar-refractivity contribution in [1.82, 2.24) is 4.90 Å². The van der Waals surface area contributed by atoms with E-state index in [0.717, 1.165) is 12.8 Å². The van der Waals surface area contributed by atoms with E-state index in [0.29, 0.717) is 37.5 Å². The molecule has 0 bridgehead atoms. The van der Waals surface area contributed by atoms with Gasteiger partial charge in [-0.15, -0.1) is 0 Å². The first-order valence-corrected chi connectivity index (χ1v) is 6.07. The monoisotopic (exact) mass is 246 g/mol. The van der Waals surface area contributed by atoms with Crippen LogP contribution in [0.1, 0.15) is 32.6 Å². The maximum Gasteiger partial charge on any atom is 0.222 e. The molecule has 2 N–H and O–H groups in total. The lowest BCUT2D eigenvalue weighted by molar-refractivity contribution is -0.131. The Labute approximate surface area is 103 Å². The molecule has 16 heavy (non-hydrogen) atoms. The summed E-state index contributed by atoms with van der Waals surface area (Å²) >= 11 is 4.81. The minimum atomic E-state index is 0.162. The molecule has 0 heterocycles. The van der Waals surface area contributed by atoms with Gasteiger partial charge in [-0.2, -0.15) is 0 Å². The summed E-state index contributed by atoms with van der Waals surface area (Å²) in [4.78, 5) is 14.0. The minimum absolute atomic E-state index is 0.162. The highest BCUT2D eigenvalue weighted by Crippen LogP contribution is 2.02. The molecule has 5 heteroatoms. The first-order chi connectivity index (χ1) is 7.61. The van der Waals surface area contributed by atoms with Gasteiger partial charge in [-0.25, -0.2) is 0 Å². The molecule has 0 unspecified atom stereocenters. The summed E-state index contributed by atoms with van der Waals surface area (Å²) in [6.07, 6.45) is 3.13. The molecule has 94 valence electrons. The van der Waals surface area contributed by atoms with E-state index in [9.17, 15) is 4.79 Å². The summed E-state index contributed by atoms with van der Waals surface area (Å²) in [5, 5.41) is 0. The molecule has 0 rings (SSSR count). The number of ether oxygens (including phenoxy) is 1. The van der Waals surface area contributed by atoms with Gasteiger partial charge in [0, 0.05) is 33.0 Å². The highest BCUT2D eigenvalue weighted by atomic mass is 32.1. The number of hydrogen-bond acceptors (Lipinski definition) is 3. The average Bonchev–Trinajstić information content (AvgIpc) is 2.25. The molecule has 0 atom stereocenters. The standard InChI is InChI=1S/C11H22N2O2S/c1-3-4-5-11(14)13(8-9-15-2)7-6-10(12)16/h3-9H2,1-2H3,(H2,12,16). The maximum absolute atomic E-state index is 11.8. The second kappa shape index (κ2) is 9.54. The van der Waals surface area contributed by atoms with Crippen molar-refractivity contribution in [3.05, 3.63) is 0 Å². The zero-order chi connectivity index (χ0) is 12.4. The van der Waals surface area contributed by atoms with Crippen LogP contribution >= 0.6 is 12.2 Å². The van der Waals surface area contributed by atoms with Gasteiger partial charge in [0.1, 0.15) is 0 Å². The summed E-state index contributed by atoms with van der Waals surface area (Å²) in [6, 6.07) is 0. The van der Waals surface area contributed by atoms with Crippen molar-refractivity contribution < 1.29 is 9.53 Å². The lowest BCUT2D eigenvalue weighted by Gasteiger charge is -2.22. The van der Waals surface area contributed by atoms with E-state index in [1.54, 1.807) is 12.0 Å². The molecule has 0 aromatic carbocycles. The molecular formula is C11H22N2O2S. The third-order valence-corrected chi connectivity index (χ3v) is 2.49. The Morgan fingerprint density at radius 2 is 2.06 bits per heavy atom. The lowest BCUT2D eigenvalue weighted by atomic mass is 10.2. The van der Waals surface area contributed by atoms with E-state index < -0.39 is 0 Å². The molecule has 0 aliphatic heterocycles. The molecule has 0 spiro atoms. The largest absolute Gasteiger partial charge is 0.393 e. The van der Waals surface area contributed by atoms with E-state index in [1.807, 2.05) is 0 Å². The third kappa shape index (κ3) is 7.59. The van der Waals surface area contributed by atoms with Crippen LogP contribution in [-0.4, -0.2) is 42.6 Å². The van der Waals surface area contributed by atoms with E-state index in [-0.39, 0.29) is 5.91 Å². The molecule has 0 aliphatic rings. The summed E-state index contributed by atoms with van der Waals surface area (Å²) in [5.74, 6) is 0.162. The fraction of sp³-hybridized carbons (Fsp3) is 0.818. The SMILES string of the molecule is CCCCC(=O)N(CCOC)CCC(N)=S. The predicted octanol–water partition coefficient (Wildman–Crippen LogP) is 1.33. The van der Waals surface area contributed by atoms with Gasteiger partial charge in [-0.05, 0) is 6.42 Å². The Bertz CT molecular complexity index is 222. The van der Waals surface area contributed by atoms with Gasteiger partial charge in [-0.3, -0.25) is 4.79 Å². The molecule has 0 fully saturated rings. The zero-order valence-electron chi connectivity index (χ0n) is 10.2. The second-order valence-electron chi connectivity index (χ2n) is 3.69. The van der Waals surface area contributed by atoms with Gasteiger partial charge < -0.3 is 15.4 Å². The van der Waals surface area contributed by atoms with Gasteiger partial charge in [-0.1, -0.05) is 25.6 Å². The number of carbonyl (C=O) groups is 1. The normalized spacial score (nSPS) is 10.1. The highest BCUT2D eigenvalue weighted by molar-refractivity contribution is 7.80. The van der Waals surface area contributed by atoms with Crippen LogP contribution < -0.4 is 5.73 Å². The van der Waals surface area contributed by atoms with Gasteiger partial charge in [0.05, 0.1) is 11.6 Å². The summed E-state index contributed by atoms with van der Waals surface area (Å²) < 4.78 is 4.98. The van der Waals surface area contributed by atoms with Crippen molar-refractivity contribution >= 4 is 23.1 Å². The Balaban J connectivity index is 4.06. The molecule has 4 nitrogen and oxygen atoms in total. The van der Waals surface area contributed by atoms with Crippen molar-refractivity contribution in [1.29, 1.82) is 0 Å². The molecule has 0 saturated carbocycles. The summed E-state index contributed by atoms with van der Waals surface area (Å²) in [5.41, 5.74) is 5.43. The molecule has 0 aromatic heterocycles. The van der Waals surface area contributed by atoms with Crippen molar-refractivity contribution in [3.63, 3.8) is 0 Å². The number of amides is 1. The van der Waals surface area contributed by atoms with Crippen LogP contribution in [0.4, 0.5) is 0 Å². The summed E-state index contributed by atoms with van der Waals surface area (Å²) in [6.45, 7) is 3.83. The van der Waals surface area contributed by atoms with E-state index >= 15 is 0 Å². The van der Waals surface area contributed by atoms with Crippen molar-refractivity contribution in [2.45, 2.75) is 32.6 Å². The maximum atomic E-state index is 11.8. The smallest absolute Gasteiger partial charge is 0.222 e. The van der Waals surface area contributed by atoms with Crippen LogP contribution in [0.15, 0.2) is 0 Å². The van der Waals surface area contributed by atoms with Crippen molar-refractivity contribution in [2.75, 3.05) is 26.8 Å². The Hall–Kier alpha value is -0.680. The van der Waals surface area contributed by atoms with Gasteiger partial charge in [0.15, 0.2) is 0 Å². The number of hydrogen-bond donors (Lipinski definition) is 1. The fourth-order valence-corrected chi connectivity index (χ4v) is 1.39. The number of nitrogens with two attached hydrogens (primary N) is 1. The number of rotatable bonds is 9. The highest BCUT2D eigenvalue weighted by Gasteiger charge is 2.12. The Morgan fingerprint density at radius 1 is 1.38 bits per heavy atom. The van der Waals surface area contributed by atoms with Crippen LogP contribution in [0, 0.1) is 0 Å². The van der Waals surface area contributed by atoms with Crippen LogP contribution in [0.2, 0.25) is 0 Å². The summed E-state index contributed by atoms with van der Waals surface area (Å²) in [7, 11) is 1.63. The van der Waals surface area contributed by atoms with Crippen LogP contribution in [-0.2, 0) is 9.53 Å². The number of nitrogens with zero attached hydrogens (tertiary/aromatic N) is 1. The fourth-order valence-electron chi connectivity index (χ4n) is 1.29. The van der Waals surface area contributed by atoms with Crippen molar-refractivity contribution in [2.24, 2.45) is 5.73 Å².